The Hall–Kier alpha value is -0.410. The largest absolute Gasteiger partial charge is 0.309 e. The van der Waals surface area contributed by atoms with E-state index in [1.54, 1.807) is 0 Å². The summed E-state index contributed by atoms with van der Waals surface area (Å²) in [5.41, 5.74) is 0. The topological polar surface area (TPSA) is 24.9 Å². The van der Waals surface area contributed by atoms with Crippen molar-refractivity contribution in [1.82, 2.24) is 10.3 Å². The van der Waals surface area contributed by atoms with Crippen molar-refractivity contribution in [3.63, 3.8) is 0 Å². The Morgan fingerprint density at radius 3 is 2.80 bits per heavy atom. The molecule has 2 rings (SSSR count). The van der Waals surface area contributed by atoms with Crippen molar-refractivity contribution < 1.29 is 0 Å². The molecule has 1 aliphatic rings. The fraction of sp³-hybridized carbons (Fsp3) is 0.750. The van der Waals surface area contributed by atoms with E-state index in [9.17, 15) is 0 Å². The van der Waals surface area contributed by atoms with E-state index in [4.69, 9.17) is 0 Å². The van der Waals surface area contributed by atoms with Crippen LogP contribution >= 0.6 is 11.3 Å². The van der Waals surface area contributed by atoms with Gasteiger partial charge in [0.05, 0.1) is 5.01 Å². The van der Waals surface area contributed by atoms with E-state index in [1.165, 1.54) is 22.7 Å². The summed E-state index contributed by atoms with van der Waals surface area (Å²) in [6, 6.07) is 0.580. The Labute approximate surface area is 96.1 Å². The molecule has 1 atom stereocenters. The summed E-state index contributed by atoms with van der Waals surface area (Å²) in [5, 5.41) is 4.89. The summed E-state index contributed by atoms with van der Waals surface area (Å²) < 4.78 is 0. The highest BCUT2D eigenvalue weighted by atomic mass is 32.1. The molecule has 1 aromatic rings. The summed E-state index contributed by atoms with van der Waals surface area (Å²) in [4.78, 5) is 5.86. The molecule has 1 fully saturated rings. The van der Waals surface area contributed by atoms with E-state index < -0.39 is 0 Å². The number of aromatic nitrogens is 1. The van der Waals surface area contributed by atoms with E-state index in [2.05, 4.69) is 31.1 Å². The Morgan fingerprint density at radius 2 is 2.20 bits per heavy atom. The van der Waals surface area contributed by atoms with Gasteiger partial charge in [-0.3, -0.25) is 0 Å². The van der Waals surface area contributed by atoms with E-state index in [0.717, 1.165) is 12.5 Å². The lowest BCUT2D eigenvalue weighted by atomic mass is 10.1. The van der Waals surface area contributed by atoms with Crippen LogP contribution < -0.4 is 5.32 Å². The normalized spacial score (nSPS) is 18.4. The molecule has 1 heterocycles. The lowest BCUT2D eigenvalue weighted by molar-refractivity contribution is 0.427. The SMILES string of the molecule is CC(C)C(C)NCc1cnc(C2CC2)s1. The van der Waals surface area contributed by atoms with Crippen molar-refractivity contribution in [2.75, 3.05) is 0 Å². The predicted octanol–water partition coefficient (Wildman–Crippen LogP) is 3.15. The maximum atomic E-state index is 4.48. The van der Waals surface area contributed by atoms with Gasteiger partial charge in [0.1, 0.15) is 0 Å². The van der Waals surface area contributed by atoms with Crippen LogP contribution in [-0.4, -0.2) is 11.0 Å². The zero-order chi connectivity index (χ0) is 10.8. The molecule has 1 unspecified atom stereocenters. The molecule has 0 saturated heterocycles. The first-order valence-corrected chi connectivity index (χ1v) is 6.66. The zero-order valence-corrected chi connectivity index (χ0v) is 10.6. The molecule has 0 bridgehead atoms. The lowest BCUT2D eigenvalue weighted by Crippen LogP contribution is -2.29. The quantitative estimate of drug-likeness (QED) is 0.831. The van der Waals surface area contributed by atoms with E-state index >= 15 is 0 Å². The molecule has 1 aromatic heterocycles. The fourth-order valence-corrected chi connectivity index (χ4v) is 2.46. The van der Waals surface area contributed by atoms with Crippen LogP contribution in [0.3, 0.4) is 0 Å². The Bertz CT molecular complexity index is 315. The predicted molar refractivity (Wildman–Crippen MR) is 65.2 cm³/mol. The summed E-state index contributed by atoms with van der Waals surface area (Å²) in [7, 11) is 0. The molecular formula is C12H20N2S. The third kappa shape index (κ3) is 3.02. The third-order valence-electron chi connectivity index (χ3n) is 3.10. The van der Waals surface area contributed by atoms with Crippen molar-refractivity contribution >= 4 is 11.3 Å². The standard InChI is InChI=1S/C12H20N2S/c1-8(2)9(3)13-6-11-7-14-12(15-11)10-4-5-10/h7-10,13H,4-6H2,1-3H3. The average Bonchev–Trinajstić information content (AvgIpc) is 2.95. The second-order valence-electron chi connectivity index (χ2n) is 4.85. The van der Waals surface area contributed by atoms with E-state index in [1.807, 2.05) is 17.5 Å². The summed E-state index contributed by atoms with van der Waals surface area (Å²) >= 11 is 1.88. The van der Waals surface area contributed by atoms with Gasteiger partial charge < -0.3 is 5.32 Å². The maximum Gasteiger partial charge on any atom is 0.0959 e. The monoisotopic (exact) mass is 224 g/mol. The number of rotatable bonds is 5. The van der Waals surface area contributed by atoms with Crippen LogP contribution in [0, 0.1) is 5.92 Å². The van der Waals surface area contributed by atoms with Gasteiger partial charge in [-0.2, -0.15) is 0 Å². The Morgan fingerprint density at radius 1 is 1.47 bits per heavy atom. The van der Waals surface area contributed by atoms with Crippen LogP contribution in [0.4, 0.5) is 0 Å². The maximum absolute atomic E-state index is 4.48. The number of nitrogens with zero attached hydrogens (tertiary/aromatic N) is 1. The summed E-state index contributed by atoms with van der Waals surface area (Å²) in [6.07, 6.45) is 4.74. The van der Waals surface area contributed by atoms with Crippen LogP contribution in [0.25, 0.3) is 0 Å². The number of hydrogen-bond acceptors (Lipinski definition) is 3. The highest BCUT2D eigenvalue weighted by molar-refractivity contribution is 7.11. The smallest absolute Gasteiger partial charge is 0.0959 e. The second-order valence-corrected chi connectivity index (χ2v) is 6.00. The third-order valence-corrected chi connectivity index (χ3v) is 4.26. The van der Waals surface area contributed by atoms with Gasteiger partial charge >= 0.3 is 0 Å². The molecule has 3 heteroatoms. The Kier molecular flexibility index (Phi) is 3.42. The average molecular weight is 224 g/mol. The minimum absolute atomic E-state index is 0.580. The highest BCUT2D eigenvalue weighted by Gasteiger charge is 2.26. The molecule has 84 valence electrons. The van der Waals surface area contributed by atoms with E-state index in [0.29, 0.717) is 12.0 Å². The number of hydrogen-bond donors (Lipinski definition) is 1. The molecule has 0 amide bonds. The second kappa shape index (κ2) is 4.62. The van der Waals surface area contributed by atoms with Gasteiger partial charge in [-0.15, -0.1) is 11.3 Å². The zero-order valence-electron chi connectivity index (χ0n) is 9.79. The van der Waals surface area contributed by atoms with Crippen LogP contribution in [-0.2, 0) is 6.54 Å². The van der Waals surface area contributed by atoms with Gasteiger partial charge in [0.2, 0.25) is 0 Å². The lowest BCUT2D eigenvalue weighted by Gasteiger charge is -2.16. The van der Waals surface area contributed by atoms with Crippen LogP contribution in [0.2, 0.25) is 0 Å². The minimum Gasteiger partial charge on any atom is -0.309 e. The van der Waals surface area contributed by atoms with Crippen LogP contribution in [0.15, 0.2) is 6.20 Å². The van der Waals surface area contributed by atoms with Crippen molar-refractivity contribution in [3.05, 3.63) is 16.1 Å². The molecule has 0 aromatic carbocycles. The van der Waals surface area contributed by atoms with Gasteiger partial charge in [-0.1, -0.05) is 13.8 Å². The Balaban J connectivity index is 1.82. The molecule has 15 heavy (non-hydrogen) atoms. The molecule has 1 N–H and O–H groups in total. The van der Waals surface area contributed by atoms with Crippen LogP contribution in [0.1, 0.15) is 49.4 Å². The first-order chi connectivity index (χ1) is 7.16. The van der Waals surface area contributed by atoms with Crippen molar-refractivity contribution in [2.45, 2.75) is 52.1 Å². The fourth-order valence-electron chi connectivity index (χ4n) is 1.42. The van der Waals surface area contributed by atoms with Gasteiger partial charge in [0.25, 0.3) is 0 Å². The molecule has 0 spiro atoms. The van der Waals surface area contributed by atoms with E-state index in [-0.39, 0.29) is 0 Å². The highest BCUT2D eigenvalue weighted by Crippen LogP contribution is 2.41. The van der Waals surface area contributed by atoms with Crippen molar-refractivity contribution in [2.24, 2.45) is 5.92 Å². The van der Waals surface area contributed by atoms with Crippen molar-refractivity contribution in [3.8, 4) is 0 Å². The van der Waals surface area contributed by atoms with Crippen molar-refractivity contribution in [1.29, 1.82) is 0 Å². The first-order valence-electron chi connectivity index (χ1n) is 5.85. The summed E-state index contributed by atoms with van der Waals surface area (Å²) in [5.74, 6) is 1.49. The molecule has 1 aliphatic carbocycles. The molecule has 0 aliphatic heterocycles. The molecule has 1 saturated carbocycles. The first kappa shape index (κ1) is 11.1. The van der Waals surface area contributed by atoms with Gasteiger partial charge in [-0.25, -0.2) is 4.98 Å². The number of thiazole rings is 1. The van der Waals surface area contributed by atoms with Gasteiger partial charge in [-0.05, 0) is 25.7 Å². The van der Waals surface area contributed by atoms with Gasteiger partial charge in [0, 0.05) is 29.6 Å². The molecular weight excluding hydrogens is 204 g/mol. The molecule has 2 nitrogen and oxygen atoms in total. The number of nitrogens with one attached hydrogen (secondary N) is 1. The summed E-state index contributed by atoms with van der Waals surface area (Å²) in [6.45, 7) is 7.72. The minimum atomic E-state index is 0.580. The van der Waals surface area contributed by atoms with Crippen LogP contribution in [0.5, 0.6) is 0 Å². The molecule has 0 radical (unpaired) electrons. The van der Waals surface area contributed by atoms with Gasteiger partial charge in [0.15, 0.2) is 0 Å².